The van der Waals surface area contributed by atoms with E-state index in [1.807, 2.05) is 30.3 Å². The van der Waals surface area contributed by atoms with Gasteiger partial charge in [-0.25, -0.2) is 18.2 Å². The number of carbonyl (C=O) groups is 2. The summed E-state index contributed by atoms with van der Waals surface area (Å²) in [6.45, 7) is 5.10. The summed E-state index contributed by atoms with van der Waals surface area (Å²) in [4.78, 5) is 28.7. The molecule has 0 saturated heterocycles. The molecular formula is C29H29NO6S. The number of benzene rings is 2. The zero-order chi connectivity index (χ0) is 27.1. The molecule has 0 aliphatic carbocycles. The zero-order valence-electron chi connectivity index (χ0n) is 21.2. The number of hydrogen-bond donors (Lipinski definition) is 0. The Morgan fingerprint density at radius 1 is 0.946 bits per heavy atom. The molecule has 0 saturated carbocycles. The third-order valence-electron chi connectivity index (χ3n) is 5.28. The molecule has 2 aromatic carbocycles. The van der Waals surface area contributed by atoms with Crippen molar-refractivity contribution in [2.75, 3.05) is 7.11 Å². The van der Waals surface area contributed by atoms with Crippen LogP contribution in [0.15, 0.2) is 77.8 Å². The number of methoxy groups -OCH3 is 1. The number of hydrogen-bond acceptors (Lipinski definition) is 7. The molecule has 0 radical (unpaired) electrons. The van der Waals surface area contributed by atoms with Gasteiger partial charge < -0.3 is 9.47 Å². The number of esters is 2. The number of aryl methyl sites for hydroxylation is 1. The van der Waals surface area contributed by atoms with Gasteiger partial charge in [0.1, 0.15) is 11.3 Å². The molecule has 37 heavy (non-hydrogen) atoms. The van der Waals surface area contributed by atoms with E-state index in [4.69, 9.17) is 4.74 Å². The Balaban J connectivity index is 1.96. The minimum absolute atomic E-state index is 0.0504. The van der Waals surface area contributed by atoms with Crippen LogP contribution >= 0.6 is 0 Å². The van der Waals surface area contributed by atoms with E-state index in [-0.39, 0.29) is 22.6 Å². The quantitative estimate of drug-likeness (QED) is 0.337. The summed E-state index contributed by atoms with van der Waals surface area (Å²) in [5.41, 5.74) is 0.928. The van der Waals surface area contributed by atoms with E-state index in [1.54, 1.807) is 45.0 Å². The number of sulfone groups is 1. The molecule has 0 fully saturated rings. The molecule has 192 valence electrons. The highest BCUT2D eigenvalue weighted by Gasteiger charge is 2.38. The van der Waals surface area contributed by atoms with E-state index in [1.165, 1.54) is 25.4 Å². The maximum Gasteiger partial charge on any atom is 0.356 e. The van der Waals surface area contributed by atoms with Gasteiger partial charge in [0.05, 0.1) is 12.0 Å². The van der Waals surface area contributed by atoms with Crippen LogP contribution in [0.4, 0.5) is 0 Å². The molecule has 3 aromatic rings. The predicted molar refractivity (Wildman–Crippen MR) is 140 cm³/mol. The highest BCUT2D eigenvalue weighted by molar-refractivity contribution is 7.92. The summed E-state index contributed by atoms with van der Waals surface area (Å²) in [6.07, 6.45) is 1.84. The van der Waals surface area contributed by atoms with E-state index < -0.39 is 32.6 Å². The van der Waals surface area contributed by atoms with Gasteiger partial charge in [0.25, 0.3) is 0 Å². The highest BCUT2D eigenvalue weighted by atomic mass is 32.2. The van der Waals surface area contributed by atoms with Gasteiger partial charge in [-0.2, -0.15) is 0 Å². The number of ether oxygens (including phenoxy) is 2. The Bertz CT molecular complexity index is 1410. The van der Waals surface area contributed by atoms with E-state index in [9.17, 15) is 18.0 Å². The van der Waals surface area contributed by atoms with Gasteiger partial charge in [0, 0.05) is 17.3 Å². The second-order valence-corrected chi connectivity index (χ2v) is 11.4. The highest BCUT2D eigenvalue weighted by Crippen LogP contribution is 2.26. The lowest BCUT2D eigenvalue weighted by Crippen LogP contribution is -2.37. The molecule has 0 N–H and O–H groups in total. The van der Waals surface area contributed by atoms with Gasteiger partial charge in [0.15, 0.2) is 15.1 Å². The molecule has 0 amide bonds. The van der Waals surface area contributed by atoms with Crippen molar-refractivity contribution in [1.82, 2.24) is 4.98 Å². The van der Waals surface area contributed by atoms with Crippen LogP contribution in [0.5, 0.6) is 0 Å². The Morgan fingerprint density at radius 3 is 2.24 bits per heavy atom. The lowest BCUT2D eigenvalue weighted by molar-refractivity contribution is -0.154. The van der Waals surface area contributed by atoms with Crippen molar-refractivity contribution in [3.05, 3.63) is 95.3 Å². The van der Waals surface area contributed by atoms with Crippen molar-refractivity contribution < 1.29 is 27.5 Å². The lowest BCUT2D eigenvalue weighted by Gasteiger charge is -2.24. The average molecular weight is 520 g/mol. The summed E-state index contributed by atoms with van der Waals surface area (Å²) >= 11 is 0. The van der Waals surface area contributed by atoms with E-state index in [0.29, 0.717) is 12.0 Å². The largest absolute Gasteiger partial charge is 0.464 e. The Kier molecular flexibility index (Phi) is 8.85. The Hall–Kier alpha value is -3.96. The predicted octanol–water partition coefficient (Wildman–Crippen LogP) is 4.38. The molecule has 1 heterocycles. The third-order valence-corrected chi connectivity index (χ3v) is 7.42. The first kappa shape index (κ1) is 27.6. The fourth-order valence-corrected chi connectivity index (χ4v) is 5.24. The zero-order valence-corrected chi connectivity index (χ0v) is 22.0. The summed E-state index contributed by atoms with van der Waals surface area (Å²) in [6, 6.07) is 18.7. The van der Waals surface area contributed by atoms with Crippen LogP contribution in [0.3, 0.4) is 0 Å². The number of aromatic nitrogens is 1. The van der Waals surface area contributed by atoms with Gasteiger partial charge in [-0.05, 0) is 63.4 Å². The molecular weight excluding hydrogens is 490 g/mol. The molecule has 1 aromatic heterocycles. The summed E-state index contributed by atoms with van der Waals surface area (Å²) in [7, 11) is -2.89. The molecule has 1 atom stereocenters. The monoisotopic (exact) mass is 519 g/mol. The van der Waals surface area contributed by atoms with Crippen molar-refractivity contribution >= 4 is 21.8 Å². The van der Waals surface area contributed by atoms with E-state index >= 15 is 0 Å². The Labute approximate surface area is 217 Å². The molecule has 0 aliphatic heterocycles. The molecule has 0 bridgehead atoms. The summed E-state index contributed by atoms with van der Waals surface area (Å²) < 4.78 is 37.8. The fraction of sp³-hybridized carbons (Fsp3) is 0.276. The molecule has 0 spiro atoms. The number of rotatable bonds is 7. The van der Waals surface area contributed by atoms with Crippen LogP contribution in [0.1, 0.15) is 54.4 Å². The van der Waals surface area contributed by atoms with Gasteiger partial charge >= 0.3 is 11.9 Å². The van der Waals surface area contributed by atoms with Crippen molar-refractivity contribution in [1.29, 1.82) is 0 Å². The van der Waals surface area contributed by atoms with Crippen molar-refractivity contribution in [2.24, 2.45) is 0 Å². The molecule has 8 heteroatoms. The van der Waals surface area contributed by atoms with Crippen LogP contribution in [0.2, 0.25) is 0 Å². The first-order chi connectivity index (χ1) is 17.5. The molecule has 0 aliphatic rings. The number of pyridine rings is 1. The first-order valence-corrected chi connectivity index (χ1v) is 13.2. The topological polar surface area (TPSA) is 99.6 Å². The molecule has 7 nitrogen and oxygen atoms in total. The van der Waals surface area contributed by atoms with Crippen molar-refractivity contribution in [3.8, 4) is 11.8 Å². The van der Waals surface area contributed by atoms with E-state index in [2.05, 4.69) is 21.6 Å². The lowest BCUT2D eigenvalue weighted by atomic mass is 10.1. The van der Waals surface area contributed by atoms with Gasteiger partial charge in [-0.1, -0.05) is 54.3 Å². The Morgan fingerprint density at radius 2 is 1.62 bits per heavy atom. The number of nitrogens with zero attached hydrogens (tertiary/aromatic N) is 1. The van der Waals surface area contributed by atoms with Gasteiger partial charge in [-0.15, -0.1) is 0 Å². The average Bonchev–Trinajstić information content (AvgIpc) is 2.87. The minimum atomic E-state index is -4.15. The molecule has 3 rings (SSSR count). The standard InChI is InChI=1S/C29H29NO6S/c1-29(2,3)36-28(32)26(19-16-21-10-6-5-7-11-21)37(33,34)25-13-9-8-12-23(25)17-14-22-15-18-24(30-20-22)27(31)35-4/h5-13,15,18,20,26H,16,19H2,1-4H3. The summed E-state index contributed by atoms with van der Waals surface area (Å²) in [5, 5.41) is -1.41. The van der Waals surface area contributed by atoms with Gasteiger partial charge in [0.2, 0.25) is 0 Å². The second kappa shape index (κ2) is 11.8. The second-order valence-electron chi connectivity index (χ2n) is 9.26. The van der Waals surface area contributed by atoms with Crippen molar-refractivity contribution in [3.63, 3.8) is 0 Å². The first-order valence-electron chi connectivity index (χ1n) is 11.7. The van der Waals surface area contributed by atoms with Crippen molar-refractivity contribution in [2.45, 2.75) is 49.4 Å². The minimum Gasteiger partial charge on any atom is -0.464 e. The normalized spacial score (nSPS) is 12.1. The van der Waals surface area contributed by atoms with Crippen LogP contribution in [0.25, 0.3) is 0 Å². The van der Waals surface area contributed by atoms with Crippen LogP contribution in [-0.4, -0.2) is 43.3 Å². The van der Waals surface area contributed by atoms with Gasteiger partial charge in [-0.3, -0.25) is 4.79 Å². The van der Waals surface area contributed by atoms with Crippen LogP contribution in [0, 0.1) is 11.8 Å². The maximum absolute atomic E-state index is 13.8. The number of carbonyl (C=O) groups excluding carboxylic acids is 2. The van der Waals surface area contributed by atoms with Crippen LogP contribution < -0.4 is 0 Å². The fourth-order valence-electron chi connectivity index (χ4n) is 3.51. The third kappa shape index (κ3) is 7.51. The van der Waals surface area contributed by atoms with E-state index in [0.717, 1.165) is 5.56 Å². The smallest absolute Gasteiger partial charge is 0.356 e. The molecule has 1 unspecified atom stereocenters. The summed E-state index contributed by atoms with van der Waals surface area (Å²) in [5.74, 6) is 4.39. The maximum atomic E-state index is 13.8. The SMILES string of the molecule is COC(=O)c1ccc(C#Cc2ccccc2S(=O)(=O)C(CCc2ccccc2)C(=O)OC(C)(C)C)cn1. The van der Waals surface area contributed by atoms with Crippen LogP contribution in [-0.2, 0) is 30.5 Å².